The van der Waals surface area contributed by atoms with Crippen molar-refractivity contribution in [1.29, 1.82) is 0 Å². The van der Waals surface area contributed by atoms with E-state index in [4.69, 9.17) is 4.74 Å². The highest BCUT2D eigenvalue weighted by Gasteiger charge is 2.29. The second-order valence-corrected chi connectivity index (χ2v) is 8.59. The van der Waals surface area contributed by atoms with Crippen molar-refractivity contribution >= 4 is 11.9 Å². The lowest BCUT2D eigenvalue weighted by molar-refractivity contribution is -1.02. The summed E-state index contributed by atoms with van der Waals surface area (Å²) < 4.78 is 5.54. The molecule has 166 valence electrons. The third kappa shape index (κ3) is 5.51. The van der Waals surface area contributed by atoms with Gasteiger partial charge in [0.15, 0.2) is 6.54 Å². The van der Waals surface area contributed by atoms with E-state index in [1.54, 1.807) is 24.4 Å². The van der Waals surface area contributed by atoms with Gasteiger partial charge in [-0.3, -0.25) is 4.79 Å². The Hall–Kier alpha value is -2.71. The van der Waals surface area contributed by atoms with Crippen LogP contribution in [0.4, 0.5) is 5.95 Å². The molecule has 0 spiro atoms. The minimum Gasteiger partial charge on any atom is -0.496 e. The molecule has 0 radical (unpaired) electrons. The molecule has 2 aromatic rings. The normalized spacial score (nSPS) is 21.7. The van der Waals surface area contributed by atoms with E-state index >= 15 is 0 Å². The number of aryl methyl sites for hydroxylation is 1. The van der Waals surface area contributed by atoms with Crippen LogP contribution in [-0.2, 0) is 11.3 Å². The van der Waals surface area contributed by atoms with Gasteiger partial charge in [-0.05, 0) is 25.1 Å². The molecule has 0 atom stereocenters. The zero-order valence-electron chi connectivity index (χ0n) is 18.6. The number of nitrogens with zero attached hydrogens (tertiary/aromatic N) is 4. The van der Waals surface area contributed by atoms with E-state index in [1.165, 1.54) is 16.0 Å². The Morgan fingerprint density at radius 2 is 1.71 bits per heavy atom. The SMILES string of the molecule is COc1ccc(C)cc1C[NH+]1CC[NH+](CC(=O)N2CCN(c3ncccn3)CC2)CC1. The molecule has 3 heterocycles. The van der Waals surface area contributed by atoms with E-state index in [2.05, 4.69) is 40.0 Å². The molecule has 0 saturated carbocycles. The Morgan fingerprint density at radius 3 is 2.39 bits per heavy atom. The lowest BCUT2D eigenvalue weighted by Crippen LogP contribution is -3.28. The average Bonchev–Trinajstić information content (AvgIpc) is 2.81. The Morgan fingerprint density at radius 1 is 1.03 bits per heavy atom. The fourth-order valence-electron chi connectivity index (χ4n) is 4.56. The van der Waals surface area contributed by atoms with E-state index in [0.717, 1.165) is 70.6 Å². The number of piperazine rings is 2. The van der Waals surface area contributed by atoms with E-state index in [9.17, 15) is 4.79 Å². The Balaban J connectivity index is 1.21. The number of aromatic nitrogens is 2. The first-order valence-corrected chi connectivity index (χ1v) is 11.2. The summed E-state index contributed by atoms with van der Waals surface area (Å²) in [5.74, 6) is 2.00. The topological polar surface area (TPSA) is 67.4 Å². The molecule has 2 aliphatic heterocycles. The van der Waals surface area contributed by atoms with Crippen LogP contribution >= 0.6 is 0 Å². The van der Waals surface area contributed by atoms with Crippen LogP contribution in [0.2, 0.25) is 0 Å². The van der Waals surface area contributed by atoms with E-state index in [1.807, 2.05) is 11.0 Å². The first-order chi connectivity index (χ1) is 15.1. The number of amides is 1. The van der Waals surface area contributed by atoms with E-state index in [0.29, 0.717) is 6.54 Å². The number of anilines is 1. The molecule has 1 amide bonds. The fourth-order valence-corrected chi connectivity index (χ4v) is 4.56. The summed E-state index contributed by atoms with van der Waals surface area (Å²) in [6.45, 7) is 11.0. The highest BCUT2D eigenvalue weighted by atomic mass is 16.5. The van der Waals surface area contributed by atoms with E-state index in [-0.39, 0.29) is 5.91 Å². The van der Waals surface area contributed by atoms with Gasteiger partial charge in [0.25, 0.3) is 5.91 Å². The molecule has 8 heteroatoms. The van der Waals surface area contributed by atoms with Crippen molar-refractivity contribution in [3.05, 3.63) is 47.8 Å². The Labute approximate surface area is 184 Å². The first-order valence-electron chi connectivity index (χ1n) is 11.2. The number of quaternary nitrogens is 2. The van der Waals surface area contributed by atoms with Gasteiger partial charge in [-0.2, -0.15) is 0 Å². The molecule has 0 aliphatic carbocycles. The van der Waals surface area contributed by atoms with Crippen LogP contribution in [0.3, 0.4) is 0 Å². The second-order valence-electron chi connectivity index (χ2n) is 8.59. The fraction of sp³-hybridized carbons (Fsp3) is 0.522. The number of carbonyl (C=O) groups excluding carboxylic acids is 1. The van der Waals surface area contributed by atoms with Gasteiger partial charge in [0.2, 0.25) is 5.95 Å². The third-order valence-corrected chi connectivity index (χ3v) is 6.41. The molecule has 8 nitrogen and oxygen atoms in total. The van der Waals surface area contributed by atoms with Crippen molar-refractivity contribution in [2.45, 2.75) is 13.5 Å². The van der Waals surface area contributed by atoms with Gasteiger partial charge < -0.3 is 24.3 Å². The van der Waals surface area contributed by atoms with Crippen LogP contribution in [0, 0.1) is 6.92 Å². The second kappa shape index (κ2) is 10.1. The highest BCUT2D eigenvalue weighted by molar-refractivity contribution is 5.77. The van der Waals surface area contributed by atoms with Crippen molar-refractivity contribution in [2.24, 2.45) is 0 Å². The van der Waals surface area contributed by atoms with Gasteiger partial charge >= 0.3 is 0 Å². The minimum atomic E-state index is 0.271. The number of hydrogen-bond donors (Lipinski definition) is 2. The number of benzene rings is 1. The van der Waals surface area contributed by atoms with Gasteiger partial charge in [-0.15, -0.1) is 0 Å². The quantitative estimate of drug-likeness (QED) is 0.584. The summed E-state index contributed by atoms with van der Waals surface area (Å²) in [5, 5.41) is 0. The van der Waals surface area contributed by atoms with Gasteiger partial charge in [0, 0.05) is 44.1 Å². The van der Waals surface area contributed by atoms with E-state index < -0.39 is 0 Å². The Kier molecular flexibility index (Phi) is 6.99. The third-order valence-electron chi connectivity index (χ3n) is 6.41. The zero-order chi connectivity index (χ0) is 21.6. The van der Waals surface area contributed by atoms with Crippen molar-refractivity contribution in [1.82, 2.24) is 14.9 Å². The summed E-state index contributed by atoms with van der Waals surface area (Å²) in [7, 11) is 1.74. The number of hydrogen-bond acceptors (Lipinski definition) is 5. The molecule has 2 fully saturated rings. The molecule has 2 N–H and O–H groups in total. The molecule has 2 aliphatic rings. The van der Waals surface area contributed by atoms with Crippen molar-refractivity contribution < 1.29 is 19.3 Å². The van der Waals surface area contributed by atoms with Crippen LogP contribution < -0.4 is 19.4 Å². The average molecular weight is 427 g/mol. The maximum absolute atomic E-state index is 12.8. The van der Waals surface area contributed by atoms with Gasteiger partial charge in [0.05, 0.1) is 7.11 Å². The van der Waals surface area contributed by atoms with Crippen molar-refractivity contribution in [2.75, 3.05) is 70.9 Å². The van der Waals surface area contributed by atoms with Crippen molar-refractivity contribution in [3.8, 4) is 5.75 Å². The molecule has 31 heavy (non-hydrogen) atoms. The van der Waals surface area contributed by atoms with Crippen LogP contribution in [0.5, 0.6) is 5.75 Å². The molecule has 1 aromatic carbocycles. The summed E-state index contributed by atoms with van der Waals surface area (Å²) in [4.78, 5) is 28.6. The van der Waals surface area contributed by atoms with Gasteiger partial charge in [-0.1, -0.05) is 11.6 Å². The molecular weight excluding hydrogens is 392 g/mol. The lowest BCUT2D eigenvalue weighted by Gasteiger charge is -2.36. The van der Waals surface area contributed by atoms with Crippen LogP contribution in [0.25, 0.3) is 0 Å². The van der Waals surface area contributed by atoms with Crippen molar-refractivity contribution in [3.63, 3.8) is 0 Å². The predicted octanol–water partition coefficient (Wildman–Crippen LogP) is -1.57. The van der Waals surface area contributed by atoms with Crippen LogP contribution in [0.15, 0.2) is 36.7 Å². The van der Waals surface area contributed by atoms with Gasteiger partial charge in [-0.25, -0.2) is 9.97 Å². The van der Waals surface area contributed by atoms with Crippen LogP contribution in [-0.4, -0.2) is 86.8 Å². The summed E-state index contributed by atoms with van der Waals surface area (Å²) in [5.41, 5.74) is 2.54. The number of methoxy groups -OCH3 is 1. The zero-order valence-corrected chi connectivity index (χ0v) is 18.6. The Bertz CT molecular complexity index is 862. The smallest absolute Gasteiger partial charge is 0.277 e. The molecule has 4 rings (SSSR count). The molecule has 1 aromatic heterocycles. The monoisotopic (exact) mass is 426 g/mol. The molecule has 0 bridgehead atoms. The maximum Gasteiger partial charge on any atom is 0.277 e. The molecule has 2 saturated heterocycles. The number of carbonyl (C=O) groups is 1. The molecule has 0 unspecified atom stereocenters. The summed E-state index contributed by atoms with van der Waals surface area (Å²) >= 11 is 0. The van der Waals surface area contributed by atoms with Gasteiger partial charge in [0.1, 0.15) is 38.5 Å². The summed E-state index contributed by atoms with van der Waals surface area (Å²) in [6.07, 6.45) is 3.53. The lowest BCUT2D eigenvalue weighted by atomic mass is 10.1. The first kappa shape index (κ1) is 21.5. The summed E-state index contributed by atoms with van der Waals surface area (Å²) in [6, 6.07) is 8.21. The largest absolute Gasteiger partial charge is 0.496 e. The maximum atomic E-state index is 12.8. The van der Waals surface area contributed by atoms with Crippen LogP contribution in [0.1, 0.15) is 11.1 Å². The minimum absolute atomic E-state index is 0.271. The standard InChI is InChI=1S/C23H32N6O2/c1-19-4-5-21(31-2)20(16-19)17-26-8-10-27(11-9-26)18-22(30)28-12-14-29(15-13-28)23-24-6-3-7-25-23/h3-7,16H,8-15,17-18H2,1-2H3/p+2. The number of rotatable bonds is 6. The molecular formula is C23H34N6O2+2. The predicted molar refractivity (Wildman–Crippen MR) is 119 cm³/mol. The number of ether oxygens (including phenoxy) is 1. The highest BCUT2D eigenvalue weighted by Crippen LogP contribution is 2.18. The number of nitrogens with one attached hydrogen (secondary N) is 2.